The first-order valence-electron chi connectivity index (χ1n) is 6.89. The first-order chi connectivity index (χ1) is 10.6. The first kappa shape index (κ1) is 15.5. The smallest absolute Gasteiger partial charge is 0.135 e. The van der Waals surface area contributed by atoms with Gasteiger partial charge in [-0.3, -0.25) is 0 Å². The maximum Gasteiger partial charge on any atom is 0.135 e. The second-order valence-corrected chi connectivity index (χ2v) is 5.25. The van der Waals surface area contributed by atoms with Crippen molar-refractivity contribution in [2.45, 2.75) is 0 Å². The minimum atomic E-state index is 0.184. The fourth-order valence-corrected chi connectivity index (χ4v) is 2.45. The second kappa shape index (κ2) is 6.69. The van der Waals surface area contributed by atoms with Crippen LogP contribution in [0.1, 0.15) is 0 Å². The van der Waals surface area contributed by atoms with Crippen LogP contribution in [0.3, 0.4) is 0 Å². The van der Waals surface area contributed by atoms with Gasteiger partial charge in [0.15, 0.2) is 0 Å². The molecule has 1 saturated heterocycles. The summed E-state index contributed by atoms with van der Waals surface area (Å²) in [5.74, 6) is 0.803. The van der Waals surface area contributed by atoms with Crippen molar-refractivity contribution in [3.8, 4) is 17.9 Å². The number of allylic oxidation sites excluding steroid dienone is 1. The summed E-state index contributed by atoms with van der Waals surface area (Å²) in [6.07, 6.45) is 1.97. The summed E-state index contributed by atoms with van der Waals surface area (Å²) in [4.78, 5) is 4.07. The molecule has 1 aromatic rings. The van der Waals surface area contributed by atoms with E-state index >= 15 is 0 Å². The van der Waals surface area contributed by atoms with Gasteiger partial charge in [-0.1, -0.05) is 0 Å². The fourth-order valence-electron chi connectivity index (χ4n) is 2.45. The van der Waals surface area contributed by atoms with Gasteiger partial charge in [0, 0.05) is 44.6 Å². The Kier molecular flexibility index (Phi) is 4.70. The van der Waals surface area contributed by atoms with Gasteiger partial charge in [-0.05, 0) is 29.8 Å². The van der Waals surface area contributed by atoms with Gasteiger partial charge in [0.05, 0.1) is 7.11 Å². The second-order valence-electron chi connectivity index (χ2n) is 5.25. The lowest BCUT2D eigenvalue weighted by atomic mass is 10.1. The standard InChI is InChI=1S/C17H18N4O/c1-20(2)10-14-11-21(12-17(14)13(8-18)9-19)15-4-6-16(22-3)7-5-15/h4-7,10H,11-12H2,1-3H3. The molecular formula is C17H18N4O. The summed E-state index contributed by atoms with van der Waals surface area (Å²) >= 11 is 0. The molecule has 0 saturated carbocycles. The van der Waals surface area contributed by atoms with Crippen LogP contribution >= 0.6 is 0 Å². The lowest BCUT2D eigenvalue weighted by molar-refractivity contribution is 0.415. The van der Waals surface area contributed by atoms with E-state index in [1.807, 2.05) is 61.6 Å². The number of hydrogen-bond donors (Lipinski definition) is 0. The van der Waals surface area contributed by atoms with Crippen molar-refractivity contribution in [2.24, 2.45) is 0 Å². The number of ether oxygens (including phenoxy) is 1. The maximum absolute atomic E-state index is 9.16. The van der Waals surface area contributed by atoms with E-state index < -0.39 is 0 Å². The van der Waals surface area contributed by atoms with E-state index in [2.05, 4.69) is 4.90 Å². The molecule has 112 valence electrons. The number of rotatable bonds is 3. The zero-order chi connectivity index (χ0) is 16.1. The normalized spacial score (nSPS) is 15.4. The molecule has 0 aliphatic carbocycles. The molecule has 0 bridgehead atoms. The maximum atomic E-state index is 9.16. The van der Waals surface area contributed by atoms with Gasteiger partial charge in [-0.2, -0.15) is 10.5 Å². The molecule has 1 fully saturated rings. The average Bonchev–Trinajstić information content (AvgIpc) is 2.92. The molecule has 0 spiro atoms. The van der Waals surface area contributed by atoms with Crippen molar-refractivity contribution in [1.29, 1.82) is 10.5 Å². The monoisotopic (exact) mass is 294 g/mol. The lowest BCUT2D eigenvalue weighted by Gasteiger charge is -2.17. The van der Waals surface area contributed by atoms with Crippen molar-refractivity contribution < 1.29 is 4.74 Å². The predicted molar refractivity (Wildman–Crippen MR) is 85.2 cm³/mol. The van der Waals surface area contributed by atoms with Crippen LogP contribution in [0.2, 0.25) is 0 Å². The molecule has 5 nitrogen and oxygen atoms in total. The Hall–Kier alpha value is -2.92. The SMILES string of the molecule is COc1ccc(N2CC(=CN(C)C)C(=C(C#N)C#N)C2)cc1. The minimum Gasteiger partial charge on any atom is -0.497 e. The van der Waals surface area contributed by atoms with E-state index in [0.29, 0.717) is 13.1 Å². The number of hydrogen-bond acceptors (Lipinski definition) is 5. The largest absolute Gasteiger partial charge is 0.497 e. The third-order valence-electron chi connectivity index (χ3n) is 3.47. The van der Waals surface area contributed by atoms with Crippen LogP contribution in [0.25, 0.3) is 0 Å². The van der Waals surface area contributed by atoms with Crippen molar-refractivity contribution in [3.63, 3.8) is 0 Å². The Balaban J connectivity index is 2.37. The summed E-state index contributed by atoms with van der Waals surface area (Å²) in [5, 5.41) is 18.3. The molecule has 0 aromatic heterocycles. The highest BCUT2D eigenvalue weighted by atomic mass is 16.5. The molecular weight excluding hydrogens is 276 g/mol. The van der Waals surface area contributed by atoms with E-state index in [9.17, 15) is 0 Å². The van der Waals surface area contributed by atoms with Gasteiger partial charge in [-0.15, -0.1) is 0 Å². The van der Waals surface area contributed by atoms with Crippen molar-refractivity contribution in [3.05, 3.63) is 47.2 Å². The van der Waals surface area contributed by atoms with Crippen LogP contribution in [0.5, 0.6) is 5.75 Å². The summed E-state index contributed by atoms with van der Waals surface area (Å²) < 4.78 is 5.17. The third kappa shape index (κ3) is 3.21. The number of nitriles is 2. The van der Waals surface area contributed by atoms with Crippen LogP contribution in [0.4, 0.5) is 5.69 Å². The zero-order valence-corrected chi connectivity index (χ0v) is 13.0. The van der Waals surface area contributed by atoms with Gasteiger partial charge in [0.1, 0.15) is 23.5 Å². The van der Waals surface area contributed by atoms with E-state index in [-0.39, 0.29) is 5.57 Å². The van der Waals surface area contributed by atoms with Crippen molar-refractivity contribution in [2.75, 3.05) is 39.2 Å². The van der Waals surface area contributed by atoms with Crippen LogP contribution < -0.4 is 9.64 Å². The van der Waals surface area contributed by atoms with Crippen LogP contribution in [0, 0.1) is 22.7 Å². The molecule has 22 heavy (non-hydrogen) atoms. The zero-order valence-electron chi connectivity index (χ0n) is 13.0. The lowest BCUT2D eigenvalue weighted by Crippen LogP contribution is -2.18. The molecule has 5 heteroatoms. The van der Waals surface area contributed by atoms with E-state index in [0.717, 1.165) is 22.6 Å². The van der Waals surface area contributed by atoms with Crippen LogP contribution in [-0.4, -0.2) is 39.2 Å². The number of methoxy groups -OCH3 is 1. The van der Waals surface area contributed by atoms with Gasteiger partial charge in [0.25, 0.3) is 0 Å². The Bertz CT molecular complexity index is 671. The van der Waals surface area contributed by atoms with Crippen molar-refractivity contribution in [1.82, 2.24) is 4.90 Å². The molecule has 0 radical (unpaired) electrons. The Morgan fingerprint density at radius 2 is 1.82 bits per heavy atom. The third-order valence-corrected chi connectivity index (χ3v) is 3.47. The van der Waals surface area contributed by atoms with E-state index in [4.69, 9.17) is 15.3 Å². The molecule has 1 heterocycles. The molecule has 1 aromatic carbocycles. The van der Waals surface area contributed by atoms with Gasteiger partial charge in [-0.25, -0.2) is 0 Å². The summed E-state index contributed by atoms with van der Waals surface area (Å²) in [7, 11) is 5.49. The molecule has 0 N–H and O–H groups in total. The highest BCUT2D eigenvalue weighted by Gasteiger charge is 2.25. The fraction of sp³-hybridized carbons (Fsp3) is 0.294. The van der Waals surface area contributed by atoms with Crippen LogP contribution in [-0.2, 0) is 0 Å². The highest BCUT2D eigenvalue weighted by molar-refractivity contribution is 5.62. The van der Waals surface area contributed by atoms with Gasteiger partial charge >= 0.3 is 0 Å². The number of benzene rings is 1. The quantitative estimate of drug-likeness (QED) is 0.800. The van der Waals surface area contributed by atoms with Gasteiger partial charge in [0.2, 0.25) is 0 Å². The summed E-state index contributed by atoms with van der Waals surface area (Å²) in [6, 6.07) is 11.8. The Labute approximate surface area is 130 Å². The number of anilines is 1. The molecule has 0 atom stereocenters. The average molecular weight is 294 g/mol. The highest BCUT2D eigenvalue weighted by Crippen LogP contribution is 2.30. The summed E-state index contributed by atoms with van der Waals surface area (Å²) in [6.45, 7) is 1.23. The predicted octanol–water partition coefficient (Wildman–Crippen LogP) is 2.30. The molecule has 1 aliphatic rings. The first-order valence-corrected chi connectivity index (χ1v) is 6.89. The van der Waals surface area contributed by atoms with Crippen LogP contribution in [0.15, 0.2) is 47.2 Å². The Morgan fingerprint density at radius 1 is 1.18 bits per heavy atom. The Morgan fingerprint density at radius 3 is 2.32 bits per heavy atom. The topological polar surface area (TPSA) is 63.3 Å². The molecule has 1 aliphatic heterocycles. The van der Waals surface area contributed by atoms with E-state index in [1.54, 1.807) is 7.11 Å². The molecule has 2 rings (SSSR count). The number of nitrogens with zero attached hydrogens (tertiary/aromatic N) is 4. The van der Waals surface area contributed by atoms with E-state index in [1.165, 1.54) is 0 Å². The van der Waals surface area contributed by atoms with Crippen molar-refractivity contribution >= 4 is 5.69 Å². The minimum absolute atomic E-state index is 0.184. The summed E-state index contributed by atoms with van der Waals surface area (Å²) in [5.41, 5.74) is 3.02. The molecule has 0 unspecified atom stereocenters. The molecule has 0 amide bonds. The van der Waals surface area contributed by atoms with Gasteiger partial charge < -0.3 is 14.5 Å².